The predicted octanol–water partition coefficient (Wildman–Crippen LogP) is 2.03. The quantitative estimate of drug-likeness (QED) is 0.594. The highest BCUT2D eigenvalue weighted by Crippen LogP contribution is 2.15. The zero-order valence-corrected chi connectivity index (χ0v) is 18.0. The minimum absolute atomic E-state index is 0.0124. The van der Waals surface area contributed by atoms with Gasteiger partial charge in [-0.25, -0.2) is 4.98 Å². The van der Waals surface area contributed by atoms with Crippen molar-refractivity contribution in [3.05, 3.63) is 70.6 Å². The number of rotatable bonds is 7. The van der Waals surface area contributed by atoms with Gasteiger partial charge in [-0.3, -0.25) is 19.1 Å². The summed E-state index contributed by atoms with van der Waals surface area (Å²) in [4.78, 5) is 34.1. The maximum Gasteiger partial charge on any atom is 0.272 e. The van der Waals surface area contributed by atoms with Crippen LogP contribution in [0.5, 0.6) is 0 Å². The number of carbonyl (C=O) groups is 1. The number of anilines is 1. The fourth-order valence-corrected chi connectivity index (χ4v) is 4.08. The van der Waals surface area contributed by atoms with Gasteiger partial charge in [0.05, 0.1) is 11.0 Å². The molecule has 1 fully saturated rings. The average molecular weight is 420 g/mol. The number of fused-ring (bicyclic) bond motifs is 1. The lowest BCUT2D eigenvalue weighted by Crippen LogP contribution is -2.47. The van der Waals surface area contributed by atoms with Crippen molar-refractivity contribution in [2.45, 2.75) is 19.9 Å². The van der Waals surface area contributed by atoms with Crippen LogP contribution in [0, 0.1) is 6.92 Å². The van der Waals surface area contributed by atoms with Crippen molar-refractivity contribution in [2.75, 3.05) is 44.2 Å². The Morgan fingerprint density at radius 1 is 1.00 bits per heavy atom. The van der Waals surface area contributed by atoms with Crippen LogP contribution in [0.3, 0.4) is 0 Å². The number of aryl methyl sites for hydroxylation is 1. The zero-order chi connectivity index (χ0) is 21.6. The van der Waals surface area contributed by atoms with Gasteiger partial charge in [0, 0.05) is 38.4 Å². The fourth-order valence-electron chi connectivity index (χ4n) is 4.08. The van der Waals surface area contributed by atoms with Gasteiger partial charge in [-0.1, -0.05) is 30.3 Å². The molecule has 3 aromatic rings. The Labute approximate surface area is 182 Å². The Bertz CT molecular complexity index is 1090. The molecule has 0 spiro atoms. The molecule has 1 saturated heterocycles. The van der Waals surface area contributed by atoms with E-state index in [1.165, 1.54) is 10.3 Å². The molecule has 1 amide bonds. The van der Waals surface area contributed by atoms with Gasteiger partial charge in [0.1, 0.15) is 12.2 Å². The van der Waals surface area contributed by atoms with E-state index in [0.29, 0.717) is 17.8 Å². The number of hydrogen-bond donors (Lipinski definition) is 1. The first-order chi connectivity index (χ1) is 15.1. The van der Waals surface area contributed by atoms with Gasteiger partial charge in [-0.15, -0.1) is 0 Å². The van der Waals surface area contributed by atoms with Crippen molar-refractivity contribution in [1.82, 2.24) is 19.8 Å². The summed E-state index contributed by atoms with van der Waals surface area (Å²) in [5.41, 5.74) is 2.88. The SMILES string of the molecule is Cc1nc2ccccc2n(CC(=O)NCCCN2CCN(c3ccccc3)CC2)c1=O. The largest absolute Gasteiger partial charge is 0.369 e. The molecule has 1 N–H and O–H groups in total. The van der Waals surface area contributed by atoms with Crippen molar-refractivity contribution >= 4 is 22.6 Å². The highest BCUT2D eigenvalue weighted by molar-refractivity contribution is 5.80. The molecule has 1 aliphatic rings. The van der Waals surface area contributed by atoms with Gasteiger partial charge >= 0.3 is 0 Å². The van der Waals surface area contributed by atoms with Gasteiger partial charge in [0.15, 0.2) is 0 Å². The summed E-state index contributed by atoms with van der Waals surface area (Å²) in [7, 11) is 0. The maximum atomic E-state index is 12.5. The normalized spacial score (nSPS) is 14.7. The standard InChI is InChI=1S/C24H29N5O2/c1-19-24(31)29(22-11-6-5-10-21(22)26-19)18-23(30)25-12-7-13-27-14-16-28(17-15-27)20-8-3-2-4-9-20/h2-6,8-11H,7,12-18H2,1H3,(H,25,30). The van der Waals surface area contributed by atoms with E-state index in [9.17, 15) is 9.59 Å². The number of aromatic nitrogens is 2. The molecule has 0 unspecified atom stereocenters. The van der Waals surface area contributed by atoms with E-state index in [1.54, 1.807) is 6.92 Å². The molecule has 0 aliphatic carbocycles. The molecule has 2 aromatic carbocycles. The third-order valence-corrected chi connectivity index (χ3v) is 5.78. The van der Waals surface area contributed by atoms with E-state index >= 15 is 0 Å². The number of nitrogens with zero attached hydrogens (tertiary/aromatic N) is 4. The molecular weight excluding hydrogens is 390 g/mol. The smallest absolute Gasteiger partial charge is 0.272 e. The van der Waals surface area contributed by atoms with Crippen LogP contribution in [0.4, 0.5) is 5.69 Å². The van der Waals surface area contributed by atoms with Crippen molar-refractivity contribution in [3.63, 3.8) is 0 Å². The summed E-state index contributed by atoms with van der Waals surface area (Å²) in [6.07, 6.45) is 0.891. The Morgan fingerprint density at radius 2 is 1.71 bits per heavy atom. The molecule has 7 nitrogen and oxygen atoms in total. The van der Waals surface area contributed by atoms with E-state index in [4.69, 9.17) is 0 Å². The molecular formula is C24H29N5O2. The molecule has 0 bridgehead atoms. The first kappa shape index (κ1) is 21.1. The summed E-state index contributed by atoms with van der Waals surface area (Å²) in [6.45, 7) is 7.36. The van der Waals surface area contributed by atoms with Crippen LogP contribution in [-0.2, 0) is 11.3 Å². The summed E-state index contributed by atoms with van der Waals surface area (Å²) in [5, 5.41) is 2.96. The third kappa shape index (κ3) is 5.11. The van der Waals surface area contributed by atoms with Gasteiger partial charge in [-0.2, -0.15) is 0 Å². The lowest BCUT2D eigenvalue weighted by Gasteiger charge is -2.36. The zero-order valence-electron chi connectivity index (χ0n) is 18.0. The number of benzene rings is 2. The van der Waals surface area contributed by atoms with Crippen LogP contribution in [0.1, 0.15) is 12.1 Å². The second kappa shape index (κ2) is 9.75. The highest BCUT2D eigenvalue weighted by atomic mass is 16.2. The van der Waals surface area contributed by atoms with E-state index in [-0.39, 0.29) is 18.0 Å². The molecule has 2 heterocycles. The van der Waals surface area contributed by atoms with Gasteiger partial charge in [-0.05, 0) is 44.2 Å². The number of para-hydroxylation sites is 3. The highest BCUT2D eigenvalue weighted by Gasteiger charge is 2.17. The van der Waals surface area contributed by atoms with Gasteiger partial charge < -0.3 is 10.2 Å². The predicted molar refractivity (Wildman–Crippen MR) is 123 cm³/mol. The van der Waals surface area contributed by atoms with Crippen LogP contribution < -0.4 is 15.8 Å². The van der Waals surface area contributed by atoms with Gasteiger partial charge in [0.25, 0.3) is 5.56 Å². The molecule has 1 aromatic heterocycles. The Kier molecular flexibility index (Phi) is 6.62. The monoisotopic (exact) mass is 419 g/mol. The Hall–Kier alpha value is -3.19. The van der Waals surface area contributed by atoms with Crippen LogP contribution in [-0.4, -0.2) is 59.6 Å². The lowest BCUT2D eigenvalue weighted by atomic mass is 10.2. The number of carbonyl (C=O) groups excluding carboxylic acids is 1. The van der Waals surface area contributed by atoms with Crippen LogP contribution in [0.15, 0.2) is 59.4 Å². The number of nitrogens with one attached hydrogen (secondary N) is 1. The van der Waals surface area contributed by atoms with Crippen molar-refractivity contribution in [2.24, 2.45) is 0 Å². The minimum Gasteiger partial charge on any atom is -0.369 e. The summed E-state index contributed by atoms with van der Waals surface area (Å²) in [6, 6.07) is 17.9. The van der Waals surface area contributed by atoms with Gasteiger partial charge in [0.2, 0.25) is 5.91 Å². The Morgan fingerprint density at radius 3 is 2.48 bits per heavy atom. The molecule has 0 radical (unpaired) electrons. The van der Waals surface area contributed by atoms with Crippen molar-refractivity contribution < 1.29 is 4.79 Å². The number of piperazine rings is 1. The first-order valence-corrected chi connectivity index (χ1v) is 10.9. The van der Waals surface area contributed by atoms with Crippen molar-refractivity contribution in [3.8, 4) is 0 Å². The molecule has 4 rings (SSSR count). The lowest BCUT2D eigenvalue weighted by molar-refractivity contribution is -0.121. The topological polar surface area (TPSA) is 70.5 Å². The molecule has 0 atom stereocenters. The molecule has 31 heavy (non-hydrogen) atoms. The third-order valence-electron chi connectivity index (χ3n) is 5.78. The van der Waals surface area contributed by atoms with E-state index in [2.05, 4.69) is 44.4 Å². The minimum atomic E-state index is -0.217. The average Bonchev–Trinajstić information content (AvgIpc) is 2.81. The second-order valence-corrected chi connectivity index (χ2v) is 7.94. The van der Waals surface area contributed by atoms with Crippen LogP contribution in [0.25, 0.3) is 11.0 Å². The summed E-state index contributed by atoms with van der Waals surface area (Å²) in [5.74, 6) is -0.147. The van der Waals surface area contributed by atoms with Crippen LogP contribution >= 0.6 is 0 Å². The second-order valence-electron chi connectivity index (χ2n) is 7.94. The maximum absolute atomic E-state index is 12.5. The molecule has 0 saturated carbocycles. The summed E-state index contributed by atoms with van der Waals surface area (Å²) < 4.78 is 1.51. The van der Waals surface area contributed by atoms with E-state index in [0.717, 1.165) is 44.7 Å². The van der Waals surface area contributed by atoms with Crippen LogP contribution in [0.2, 0.25) is 0 Å². The van der Waals surface area contributed by atoms with E-state index in [1.807, 2.05) is 30.3 Å². The Balaban J connectivity index is 1.23. The first-order valence-electron chi connectivity index (χ1n) is 10.9. The molecule has 1 aliphatic heterocycles. The molecule has 162 valence electrons. The van der Waals surface area contributed by atoms with Crippen molar-refractivity contribution in [1.29, 1.82) is 0 Å². The van der Waals surface area contributed by atoms with E-state index < -0.39 is 0 Å². The fraction of sp³-hybridized carbons (Fsp3) is 0.375. The molecule has 7 heteroatoms. The number of amides is 1. The number of hydrogen-bond acceptors (Lipinski definition) is 5. The summed E-state index contributed by atoms with van der Waals surface area (Å²) >= 11 is 0.